The first-order valence-electron chi connectivity index (χ1n) is 4.50. The molecule has 0 aliphatic heterocycles. The van der Waals surface area contributed by atoms with Crippen LogP contribution in [-0.4, -0.2) is 29.3 Å². The molecule has 0 aromatic heterocycles. The number of carboxylic acids is 1. The Morgan fingerprint density at radius 3 is 2.50 bits per heavy atom. The second kappa shape index (κ2) is 7.06. The maximum atomic E-state index is 10.6. The van der Waals surface area contributed by atoms with Crippen LogP contribution >= 0.6 is 0 Å². The summed E-state index contributed by atoms with van der Waals surface area (Å²) in [5.41, 5.74) is 0. The van der Waals surface area contributed by atoms with Gasteiger partial charge in [-0.05, 0) is 19.8 Å². The number of Topliss-reactive ketones (excluding diaryl/α,β-unsaturated/α-hetero) is 1. The molecule has 5 nitrogen and oxygen atoms in total. The number of carboxylic acid groups (broad SMARTS) is 1. The molecule has 0 aliphatic carbocycles. The van der Waals surface area contributed by atoms with Crippen LogP contribution in [0.5, 0.6) is 0 Å². The highest BCUT2D eigenvalue weighted by Gasteiger charge is 2.14. The molecular formula is C9H15NO4. The van der Waals surface area contributed by atoms with Gasteiger partial charge in [0.05, 0.1) is 0 Å². The first-order chi connectivity index (χ1) is 6.57. The van der Waals surface area contributed by atoms with E-state index in [-0.39, 0.29) is 5.78 Å². The molecule has 0 aromatic carbocycles. The Kier molecular flexibility index (Phi) is 6.36. The number of carbonyl (C=O) groups is 3. The number of hydrogen-bond donors (Lipinski definition) is 2. The molecule has 1 atom stereocenters. The molecule has 14 heavy (non-hydrogen) atoms. The smallest absolute Gasteiger partial charge is 0.326 e. The van der Waals surface area contributed by atoms with Crippen molar-refractivity contribution in [1.29, 1.82) is 0 Å². The predicted octanol–water partition coefficient (Wildman–Crippen LogP) is 0.335. The van der Waals surface area contributed by atoms with E-state index < -0.39 is 12.0 Å². The average molecular weight is 201 g/mol. The summed E-state index contributed by atoms with van der Waals surface area (Å²) in [4.78, 5) is 31.1. The third-order valence-electron chi connectivity index (χ3n) is 1.84. The van der Waals surface area contributed by atoms with Crippen molar-refractivity contribution in [1.82, 2.24) is 5.32 Å². The Balaban J connectivity index is 3.66. The van der Waals surface area contributed by atoms with Crippen molar-refractivity contribution in [2.75, 3.05) is 0 Å². The minimum absolute atomic E-state index is 0.0974. The first-order valence-corrected chi connectivity index (χ1v) is 4.50. The standard InChI is InChI=1S/C9H15NO4/c1-7(12)4-2-3-5-8(9(13)14)10-6-11/h6,8H,2-5H2,1H3,(H,10,11)(H,13,14). The van der Waals surface area contributed by atoms with Gasteiger partial charge in [0, 0.05) is 6.42 Å². The monoisotopic (exact) mass is 201 g/mol. The largest absolute Gasteiger partial charge is 0.480 e. The fourth-order valence-corrected chi connectivity index (χ4v) is 1.08. The van der Waals surface area contributed by atoms with E-state index in [9.17, 15) is 14.4 Å². The second-order valence-corrected chi connectivity index (χ2v) is 3.12. The molecule has 0 aromatic rings. The second-order valence-electron chi connectivity index (χ2n) is 3.12. The molecule has 5 heteroatoms. The zero-order valence-electron chi connectivity index (χ0n) is 8.16. The lowest BCUT2D eigenvalue weighted by atomic mass is 10.1. The fourth-order valence-electron chi connectivity index (χ4n) is 1.08. The molecule has 0 rings (SSSR count). The molecule has 0 bridgehead atoms. The summed E-state index contributed by atoms with van der Waals surface area (Å²) >= 11 is 0. The third kappa shape index (κ3) is 6.16. The highest BCUT2D eigenvalue weighted by atomic mass is 16.4. The number of hydrogen-bond acceptors (Lipinski definition) is 3. The number of ketones is 1. The number of rotatable bonds is 8. The van der Waals surface area contributed by atoms with Crippen LogP contribution in [0.25, 0.3) is 0 Å². The molecule has 1 unspecified atom stereocenters. The minimum atomic E-state index is -1.04. The Labute approximate surface area is 82.5 Å². The van der Waals surface area contributed by atoms with Gasteiger partial charge in [-0.25, -0.2) is 4.79 Å². The zero-order valence-corrected chi connectivity index (χ0v) is 8.16. The zero-order chi connectivity index (χ0) is 11.0. The van der Waals surface area contributed by atoms with Gasteiger partial charge in [-0.2, -0.15) is 0 Å². The molecule has 0 saturated carbocycles. The van der Waals surface area contributed by atoms with Gasteiger partial charge in [0.1, 0.15) is 11.8 Å². The van der Waals surface area contributed by atoms with Crippen LogP contribution in [0, 0.1) is 0 Å². The van der Waals surface area contributed by atoms with Gasteiger partial charge in [-0.15, -0.1) is 0 Å². The van der Waals surface area contributed by atoms with Crippen LogP contribution in [-0.2, 0) is 14.4 Å². The molecule has 0 saturated heterocycles. The molecule has 0 radical (unpaired) electrons. The first kappa shape index (κ1) is 12.6. The molecule has 80 valence electrons. The van der Waals surface area contributed by atoms with Crippen molar-refractivity contribution in [3.63, 3.8) is 0 Å². The number of unbranched alkanes of at least 4 members (excludes halogenated alkanes) is 1. The van der Waals surface area contributed by atoms with Crippen LogP contribution < -0.4 is 5.32 Å². The van der Waals surface area contributed by atoms with Crippen molar-refractivity contribution >= 4 is 18.2 Å². The van der Waals surface area contributed by atoms with Crippen LogP contribution in [0.3, 0.4) is 0 Å². The van der Waals surface area contributed by atoms with Gasteiger partial charge in [-0.1, -0.05) is 6.42 Å². The molecule has 1 amide bonds. The predicted molar refractivity (Wildman–Crippen MR) is 49.8 cm³/mol. The quantitative estimate of drug-likeness (QED) is 0.438. The molecular weight excluding hydrogens is 186 g/mol. The lowest BCUT2D eigenvalue weighted by Crippen LogP contribution is -2.35. The minimum Gasteiger partial charge on any atom is -0.480 e. The maximum absolute atomic E-state index is 10.6. The number of carbonyl (C=O) groups excluding carboxylic acids is 2. The SMILES string of the molecule is CC(=O)CCCCC(NC=O)C(=O)O. The van der Waals surface area contributed by atoms with Crippen molar-refractivity contribution in [2.45, 2.75) is 38.6 Å². The van der Waals surface area contributed by atoms with Crippen LogP contribution in [0.15, 0.2) is 0 Å². The van der Waals surface area contributed by atoms with Gasteiger partial charge in [0.2, 0.25) is 6.41 Å². The third-order valence-corrected chi connectivity index (χ3v) is 1.84. The lowest BCUT2D eigenvalue weighted by molar-refractivity contribution is -0.140. The topological polar surface area (TPSA) is 83.5 Å². The van der Waals surface area contributed by atoms with Gasteiger partial charge < -0.3 is 15.2 Å². The lowest BCUT2D eigenvalue weighted by Gasteiger charge is -2.09. The summed E-state index contributed by atoms with van der Waals surface area (Å²) in [5.74, 6) is -0.944. The van der Waals surface area contributed by atoms with E-state index in [2.05, 4.69) is 5.32 Å². The molecule has 0 fully saturated rings. The summed E-state index contributed by atoms with van der Waals surface area (Å²) in [7, 11) is 0. The number of amides is 1. The van der Waals surface area contributed by atoms with Crippen LogP contribution in [0.4, 0.5) is 0 Å². The van der Waals surface area contributed by atoms with Crippen LogP contribution in [0.1, 0.15) is 32.6 Å². The van der Waals surface area contributed by atoms with Gasteiger partial charge in [-0.3, -0.25) is 4.79 Å². The summed E-state index contributed by atoms with van der Waals surface area (Å²) in [6, 6.07) is -0.834. The Morgan fingerprint density at radius 1 is 1.43 bits per heavy atom. The van der Waals surface area contributed by atoms with Gasteiger partial charge in [0.15, 0.2) is 0 Å². The fraction of sp³-hybridized carbons (Fsp3) is 0.667. The van der Waals surface area contributed by atoms with E-state index in [0.717, 1.165) is 0 Å². The molecule has 2 N–H and O–H groups in total. The summed E-state index contributed by atoms with van der Waals surface area (Å²) in [5, 5.41) is 10.8. The molecule has 0 heterocycles. The van der Waals surface area contributed by atoms with Crippen LogP contribution in [0.2, 0.25) is 0 Å². The van der Waals surface area contributed by atoms with Crippen molar-refractivity contribution in [2.24, 2.45) is 0 Å². The van der Waals surface area contributed by atoms with E-state index in [1.165, 1.54) is 6.92 Å². The summed E-state index contributed by atoms with van der Waals surface area (Å²) in [6.07, 6.45) is 2.50. The Morgan fingerprint density at radius 2 is 2.07 bits per heavy atom. The Hall–Kier alpha value is -1.39. The van der Waals surface area contributed by atoms with E-state index in [0.29, 0.717) is 32.1 Å². The highest BCUT2D eigenvalue weighted by molar-refractivity contribution is 5.76. The maximum Gasteiger partial charge on any atom is 0.326 e. The number of aliphatic carboxylic acids is 1. The van der Waals surface area contributed by atoms with Gasteiger partial charge in [0.25, 0.3) is 0 Å². The normalized spacial score (nSPS) is 11.8. The highest BCUT2D eigenvalue weighted by Crippen LogP contribution is 2.04. The molecule has 0 spiro atoms. The van der Waals surface area contributed by atoms with E-state index in [1.807, 2.05) is 0 Å². The van der Waals surface area contributed by atoms with E-state index in [1.54, 1.807) is 0 Å². The van der Waals surface area contributed by atoms with Gasteiger partial charge >= 0.3 is 5.97 Å². The average Bonchev–Trinajstić information content (AvgIpc) is 2.09. The van der Waals surface area contributed by atoms with E-state index in [4.69, 9.17) is 5.11 Å². The van der Waals surface area contributed by atoms with Crippen molar-refractivity contribution < 1.29 is 19.5 Å². The summed E-state index contributed by atoms with van der Waals surface area (Å²) in [6.45, 7) is 1.50. The van der Waals surface area contributed by atoms with Crippen molar-refractivity contribution in [3.8, 4) is 0 Å². The van der Waals surface area contributed by atoms with Crippen molar-refractivity contribution in [3.05, 3.63) is 0 Å². The molecule has 0 aliphatic rings. The number of nitrogens with one attached hydrogen (secondary N) is 1. The summed E-state index contributed by atoms with van der Waals surface area (Å²) < 4.78 is 0. The van der Waals surface area contributed by atoms with E-state index >= 15 is 0 Å². The Bertz CT molecular complexity index is 215.